The fourth-order valence-electron chi connectivity index (χ4n) is 4.02. The van der Waals surface area contributed by atoms with Crippen LogP contribution in [0.15, 0.2) is 12.3 Å². The first-order chi connectivity index (χ1) is 12.8. The van der Waals surface area contributed by atoms with E-state index >= 15 is 0 Å². The molecule has 0 N–H and O–H groups in total. The van der Waals surface area contributed by atoms with E-state index in [0.717, 1.165) is 52.2 Å². The van der Waals surface area contributed by atoms with Crippen LogP contribution in [0.25, 0.3) is 22.3 Å². The third kappa shape index (κ3) is 3.05. The van der Waals surface area contributed by atoms with Gasteiger partial charge >= 0.3 is 0 Å². The lowest BCUT2D eigenvalue weighted by Crippen LogP contribution is -2.13. The number of aromatic nitrogens is 5. The van der Waals surface area contributed by atoms with Gasteiger partial charge in [-0.3, -0.25) is 4.68 Å². The zero-order chi connectivity index (χ0) is 19.3. The molecule has 0 spiro atoms. The molecule has 1 aliphatic heterocycles. The lowest BCUT2D eigenvalue weighted by Gasteiger charge is -2.11. The van der Waals surface area contributed by atoms with Crippen LogP contribution in [0.3, 0.4) is 0 Å². The highest BCUT2D eigenvalue weighted by atomic mass is 32.2. The van der Waals surface area contributed by atoms with Crippen molar-refractivity contribution in [3.63, 3.8) is 0 Å². The summed E-state index contributed by atoms with van der Waals surface area (Å²) in [6.45, 7) is 9.09. The number of pyridine rings is 1. The van der Waals surface area contributed by atoms with Gasteiger partial charge in [-0.05, 0) is 45.2 Å². The average Bonchev–Trinajstić information content (AvgIpc) is 3.24. The molecule has 0 aromatic carbocycles. The molecule has 0 amide bonds. The smallest absolute Gasteiger partial charge is 0.159 e. The summed E-state index contributed by atoms with van der Waals surface area (Å²) in [6.07, 6.45) is 3.48. The summed E-state index contributed by atoms with van der Waals surface area (Å²) in [5.74, 6) is 0.362. The Hall–Kier alpha value is -2.22. The Labute approximate surface area is 159 Å². The van der Waals surface area contributed by atoms with Gasteiger partial charge in [-0.15, -0.1) is 0 Å². The van der Waals surface area contributed by atoms with Crippen LogP contribution in [0.5, 0.6) is 0 Å². The fourth-order valence-corrected chi connectivity index (χ4v) is 5.72. The molecule has 0 saturated carbocycles. The summed E-state index contributed by atoms with van der Waals surface area (Å²) in [6, 6.07) is 1.94. The van der Waals surface area contributed by atoms with E-state index < -0.39 is 9.84 Å². The van der Waals surface area contributed by atoms with Crippen molar-refractivity contribution >= 4 is 20.9 Å². The van der Waals surface area contributed by atoms with Crippen molar-refractivity contribution in [2.45, 2.75) is 53.1 Å². The number of fused-ring (bicyclic) bond motifs is 1. The summed E-state index contributed by atoms with van der Waals surface area (Å²) in [7, 11) is -2.99. The molecule has 7 nitrogen and oxygen atoms in total. The first-order valence-electron chi connectivity index (χ1n) is 9.40. The number of nitrogens with zero attached hydrogens (tertiary/aromatic N) is 5. The van der Waals surface area contributed by atoms with Crippen molar-refractivity contribution in [2.24, 2.45) is 0 Å². The van der Waals surface area contributed by atoms with Gasteiger partial charge < -0.3 is 0 Å². The highest BCUT2D eigenvalue weighted by Crippen LogP contribution is 2.32. The van der Waals surface area contributed by atoms with Crippen LogP contribution in [0, 0.1) is 20.8 Å². The van der Waals surface area contributed by atoms with Crippen LogP contribution < -0.4 is 0 Å². The highest BCUT2D eigenvalue weighted by molar-refractivity contribution is 7.91. The van der Waals surface area contributed by atoms with E-state index in [1.165, 1.54) is 0 Å². The van der Waals surface area contributed by atoms with Gasteiger partial charge in [0.15, 0.2) is 15.5 Å². The molecule has 8 heteroatoms. The van der Waals surface area contributed by atoms with Gasteiger partial charge in [-0.2, -0.15) is 10.2 Å². The molecule has 1 aliphatic rings. The zero-order valence-electron chi connectivity index (χ0n) is 16.2. The van der Waals surface area contributed by atoms with Gasteiger partial charge in [0, 0.05) is 23.2 Å². The number of hydrogen-bond donors (Lipinski definition) is 0. The monoisotopic (exact) mass is 387 g/mol. The molecule has 3 aromatic heterocycles. The Kier molecular flexibility index (Phi) is 4.33. The van der Waals surface area contributed by atoms with Crippen LogP contribution in [0.2, 0.25) is 0 Å². The van der Waals surface area contributed by atoms with Crippen molar-refractivity contribution in [3.8, 4) is 11.3 Å². The normalized spacial score (nSPS) is 19.2. The summed E-state index contributed by atoms with van der Waals surface area (Å²) in [4.78, 5) is 4.91. The van der Waals surface area contributed by atoms with Crippen molar-refractivity contribution in [1.82, 2.24) is 24.5 Å². The van der Waals surface area contributed by atoms with E-state index in [1.54, 1.807) is 0 Å². The summed E-state index contributed by atoms with van der Waals surface area (Å²) in [5, 5.41) is 10.2. The summed E-state index contributed by atoms with van der Waals surface area (Å²) >= 11 is 0. The molecule has 27 heavy (non-hydrogen) atoms. The minimum atomic E-state index is -2.99. The standard InChI is InChI=1S/C19H25N5O2S/c1-5-7-23-14(4)16(10-20-23)17-9-12(2)18-13(3)22-24(19(18)21-17)15-6-8-27(25,26)11-15/h9-10,15H,5-8,11H2,1-4H3. The Morgan fingerprint density at radius 2 is 2.04 bits per heavy atom. The van der Waals surface area contributed by atoms with E-state index in [-0.39, 0.29) is 17.5 Å². The van der Waals surface area contributed by atoms with Gasteiger partial charge in [-0.25, -0.2) is 18.1 Å². The molecule has 1 unspecified atom stereocenters. The van der Waals surface area contributed by atoms with Crippen molar-refractivity contribution < 1.29 is 8.42 Å². The van der Waals surface area contributed by atoms with E-state index in [2.05, 4.69) is 37.0 Å². The minimum Gasteiger partial charge on any atom is -0.269 e. The average molecular weight is 388 g/mol. The van der Waals surface area contributed by atoms with E-state index in [0.29, 0.717) is 6.42 Å². The van der Waals surface area contributed by atoms with Crippen LogP contribution in [0.1, 0.15) is 42.8 Å². The predicted octanol–water partition coefficient (Wildman–Crippen LogP) is 2.99. The number of sulfone groups is 1. The van der Waals surface area contributed by atoms with Gasteiger partial charge in [0.2, 0.25) is 0 Å². The van der Waals surface area contributed by atoms with Gasteiger partial charge in [0.25, 0.3) is 0 Å². The van der Waals surface area contributed by atoms with Crippen molar-refractivity contribution in [1.29, 1.82) is 0 Å². The van der Waals surface area contributed by atoms with Gasteiger partial charge in [-0.1, -0.05) is 6.92 Å². The van der Waals surface area contributed by atoms with Crippen LogP contribution in [0.4, 0.5) is 0 Å². The second kappa shape index (κ2) is 6.44. The van der Waals surface area contributed by atoms with E-state index in [1.807, 2.05) is 22.5 Å². The second-order valence-electron chi connectivity index (χ2n) is 7.48. The quantitative estimate of drug-likeness (QED) is 0.687. The van der Waals surface area contributed by atoms with Crippen LogP contribution >= 0.6 is 0 Å². The third-order valence-electron chi connectivity index (χ3n) is 5.40. The zero-order valence-corrected chi connectivity index (χ0v) is 17.0. The maximum Gasteiger partial charge on any atom is 0.159 e. The van der Waals surface area contributed by atoms with Crippen molar-refractivity contribution in [2.75, 3.05) is 11.5 Å². The third-order valence-corrected chi connectivity index (χ3v) is 7.15. The Morgan fingerprint density at radius 1 is 1.26 bits per heavy atom. The molecular weight excluding hydrogens is 362 g/mol. The first-order valence-corrected chi connectivity index (χ1v) is 11.2. The predicted molar refractivity (Wildman–Crippen MR) is 106 cm³/mol. The van der Waals surface area contributed by atoms with E-state index in [9.17, 15) is 8.42 Å². The molecule has 1 fully saturated rings. The maximum absolute atomic E-state index is 11.9. The summed E-state index contributed by atoms with van der Waals surface area (Å²) < 4.78 is 27.7. The van der Waals surface area contributed by atoms with Gasteiger partial charge in [0.05, 0.1) is 35.1 Å². The summed E-state index contributed by atoms with van der Waals surface area (Å²) in [5.41, 5.74) is 5.73. The molecule has 4 rings (SSSR count). The highest BCUT2D eigenvalue weighted by Gasteiger charge is 2.31. The molecule has 0 radical (unpaired) electrons. The van der Waals surface area contributed by atoms with Crippen molar-refractivity contribution in [3.05, 3.63) is 29.2 Å². The second-order valence-corrected chi connectivity index (χ2v) is 9.71. The molecule has 4 heterocycles. The SMILES string of the molecule is CCCn1ncc(-c2cc(C)c3c(C)nn(C4CCS(=O)(=O)C4)c3n2)c1C. The molecule has 0 aliphatic carbocycles. The van der Waals surface area contributed by atoms with Gasteiger partial charge in [0.1, 0.15) is 0 Å². The fraction of sp³-hybridized carbons (Fsp3) is 0.526. The van der Waals surface area contributed by atoms with E-state index in [4.69, 9.17) is 4.98 Å². The lowest BCUT2D eigenvalue weighted by molar-refractivity contribution is 0.509. The molecule has 1 saturated heterocycles. The topological polar surface area (TPSA) is 82.7 Å². The number of rotatable bonds is 4. The Bertz CT molecular complexity index is 1130. The number of hydrogen-bond acceptors (Lipinski definition) is 5. The Balaban J connectivity index is 1.86. The first kappa shape index (κ1) is 18.2. The molecular formula is C19H25N5O2S. The largest absolute Gasteiger partial charge is 0.269 e. The minimum absolute atomic E-state index is 0.141. The molecule has 144 valence electrons. The van der Waals surface area contributed by atoms with Crippen LogP contribution in [-0.4, -0.2) is 44.5 Å². The molecule has 3 aromatic rings. The molecule has 0 bridgehead atoms. The Morgan fingerprint density at radius 3 is 2.70 bits per heavy atom. The maximum atomic E-state index is 11.9. The lowest BCUT2D eigenvalue weighted by atomic mass is 10.1. The number of aryl methyl sites for hydroxylation is 3. The molecule has 1 atom stereocenters. The van der Waals surface area contributed by atoms with Crippen LogP contribution in [-0.2, 0) is 16.4 Å².